The van der Waals surface area contributed by atoms with Gasteiger partial charge < -0.3 is 0 Å². The number of hydrogen-bond donors (Lipinski definition) is 0. The zero-order valence-corrected chi connectivity index (χ0v) is 11.6. The molecule has 2 aromatic rings. The van der Waals surface area contributed by atoms with E-state index >= 15 is 0 Å². The van der Waals surface area contributed by atoms with Gasteiger partial charge in [0.15, 0.2) is 5.78 Å². The van der Waals surface area contributed by atoms with Gasteiger partial charge in [-0.2, -0.15) is 0 Å². The highest BCUT2D eigenvalue weighted by Gasteiger charge is 2.18. The summed E-state index contributed by atoms with van der Waals surface area (Å²) in [5.74, 6) is -0.139. The lowest BCUT2D eigenvalue weighted by Crippen LogP contribution is -2.38. The predicted molar refractivity (Wildman–Crippen MR) is 71.7 cm³/mol. The van der Waals surface area contributed by atoms with Crippen molar-refractivity contribution in [3.63, 3.8) is 0 Å². The van der Waals surface area contributed by atoms with E-state index in [2.05, 4.69) is 4.98 Å². The summed E-state index contributed by atoms with van der Waals surface area (Å²) >= 11 is 0. The largest absolute Gasteiger partial charge is 0.332 e. The number of Topliss-reactive ketones (excluding diaryl/α,β-unsaturated/α-hetero) is 1. The number of aromatic nitrogens is 3. The number of fused-ring (bicyclic) bond motifs is 1. The Morgan fingerprint density at radius 1 is 1.11 bits per heavy atom. The van der Waals surface area contributed by atoms with Gasteiger partial charge >= 0.3 is 5.69 Å². The maximum atomic E-state index is 12.2. The lowest BCUT2D eigenvalue weighted by molar-refractivity contribution is 0.101. The summed E-state index contributed by atoms with van der Waals surface area (Å²) in [6.45, 7) is 4.85. The fourth-order valence-corrected chi connectivity index (χ4v) is 2.42. The average Bonchev–Trinajstić information content (AvgIpc) is 2.32. The van der Waals surface area contributed by atoms with Crippen LogP contribution in [0, 0.1) is 13.8 Å². The molecule has 19 heavy (non-hydrogen) atoms. The molecule has 0 spiro atoms. The van der Waals surface area contributed by atoms with Gasteiger partial charge in [-0.3, -0.25) is 18.7 Å². The first-order valence-electron chi connectivity index (χ1n) is 5.85. The van der Waals surface area contributed by atoms with Crippen LogP contribution in [0.1, 0.15) is 28.5 Å². The number of hydrogen-bond acceptors (Lipinski definition) is 4. The maximum Gasteiger partial charge on any atom is 0.332 e. The van der Waals surface area contributed by atoms with E-state index in [-0.39, 0.29) is 5.78 Å². The number of carbonyl (C=O) groups is 1. The van der Waals surface area contributed by atoms with E-state index in [0.717, 1.165) is 4.57 Å². The van der Waals surface area contributed by atoms with E-state index in [1.54, 1.807) is 20.9 Å². The smallest absolute Gasteiger partial charge is 0.294 e. The minimum Gasteiger partial charge on any atom is -0.294 e. The van der Waals surface area contributed by atoms with Gasteiger partial charge in [0.05, 0.1) is 11.1 Å². The fraction of sp³-hybridized carbons (Fsp3) is 0.385. The van der Waals surface area contributed by atoms with Gasteiger partial charge in [-0.15, -0.1) is 0 Å². The lowest BCUT2D eigenvalue weighted by atomic mass is 10.0. The second-order valence-electron chi connectivity index (χ2n) is 4.66. The zero-order chi connectivity index (χ0) is 14.5. The number of rotatable bonds is 1. The SMILES string of the molecule is CC(=O)c1c(C)nc2c(c1C)c(=O)n(C)c(=O)n2C. The predicted octanol–water partition coefficient (Wildman–Crippen LogP) is 0.452. The van der Waals surface area contributed by atoms with Crippen molar-refractivity contribution in [2.45, 2.75) is 20.8 Å². The Bertz CT molecular complexity index is 828. The van der Waals surface area contributed by atoms with Gasteiger partial charge in [-0.05, 0) is 26.3 Å². The molecule has 0 bridgehead atoms. The van der Waals surface area contributed by atoms with Crippen LogP contribution in [0.2, 0.25) is 0 Å². The van der Waals surface area contributed by atoms with Gasteiger partial charge in [-0.1, -0.05) is 0 Å². The summed E-state index contributed by atoms with van der Waals surface area (Å²) in [4.78, 5) is 40.0. The molecule has 0 amide bonds. The molecule has 0 atom stereocenters. The third-order valence-corrected chi connectivity index (χ3v) is 3.37. The Morgan fingerprint density at radius 3 is 2.21 bits per heavy atom. The highest BCUT2D eigenvalue weighted by Crippen LogP contribution is 2.19. The van der Waals surface area contributed by atoms with Crippen LogP contribution in [0.3, 0.4) is 0 Å². The maximum absolute atomic E-state index is 12.2. The first-order chi connectivity index (χ1) is 8.77. The molecule has 0 N–H and O–H groups in total. The normalized spacial score (nSPS) is 11.0. The topological polar surface area (TPSA) is 74.0 Å². The standard InChI is InChI=1S/C13H15N3O3/c1-6-9(8(3)17)7(2)14-11-10(6)12(18)16(5)13(19)15(11)4/h1-5H3. The molecule has 6 nitrogen and oxygen atoms in total. The summed E-state index contributed by atoms with van der Waals surface area (Å²) in [7, 11) is 2.97. The molecule has 0 saturated carbocycles. The minimum atomic E-state index is -0.431. The Labute approximate surface area is 109 Å². The molecular weight excluding hydrogens is 246 g/mol. The summed E-state index contributed by atoms with van der Waals surface area (Å²) in [5, 5.41) is 0.320. The molecule has 0 fully saturated rings. The summed E-state index contributed by atoms with van der Waals surface area (Å²) in [6, 6.07) is 0. The van der Waals surface area contributed by atoms with Gasteiger partial charge in [0.2, 0.25) is 0 Å². The van der Waals surface area contributed by atoms with E-state index < -0.39 is 11.2 Å². The Hall–Kier alpha value is -2.24. The van der Waals surface area contributed by atoms with Crippen molar-refractivity contribution >= 4 is 16.8 Å². The first kappa shape index (κ1) is 13.2. The van der Waals surface area contributed by atoms with E-state index in [4.69, 9.17) is 0 Å². The van der Waals surface area contributed by atoms with Crippen molar-refractivity contribution in [3.8, 4) is 0 Å². The number of ketones is 1. The summed E-state index contributed by atoms with van der Waals surface area (Å²) in [5.41, 5.74) is 1.01. The van der Waals surface area contributed by atoms with E-state index in [0.29, 0.717) is 27.9 Å². The van der Waals surface area contributed by atoms with Crippen molar-refractivity contribution in [2.75, 3.05) is 0 Å². The Morgan fingerprint density at radius 2 is 1.68 bits per heavy atom. The second kappa shape index (κ2) is 4.15. The van der Waals surface area contributed by atoms with Crippen molar-refractivity contribution in [2.24, 2.45) is 14.1 Å². The zero-order valence-electron chi connectivity index (χ0n) is 11.6. The fourth-order valence-electron chi connectivity index (χ4n) is 2.42. The molecule has 0 radical (unpaired) electrons. The van der Waals surface area contributed by atoms with Gasteiger partial charge in [0.25, 0.3) is 5.56 Å². The monoisotopic (exact) mass is 261 g/mol. The Kier molecular flexibility index (Phi) is 2.88. The molecule has 2 rings (SSSR count). The summed E-state index contributed by atoms with van der Waals surface area (Å²) < 4.78 is 2.34. The molecule has 0 aliphatic heterocycles. The van der Waals surface area contributed by atoms with Crippen molar-refractivity contribution < 1.29 is 4.79 Å². The number of carbonyl (C=O) groups excluding carboxylic acids is 1. The van der Waals surface area contributed by atoms with Crippen LogP contribution in [-0.2, 0) is 14.1 Å². The third kappa shape index (κ3) is 1.71. The van der Waals surface area contributed by atoms with E-state index in [1.165, 1.54) is 18.5 Å². The van der Waals surface area contributed by atoms with Gasteiger partial charge in [0, 0.05) is 19.7 Å². The van der Waals surface area contributed by atoms with Gasteiger partial charge in [-0.25, -0.2) is 9.78 Å². The Balaban J connectivity index is 3.21. The van der Waals surface area contributed by atoms with Crippen LogP contribution in [-0.4, -0.2) is 19.9 Å². The van der Waals surface area contributed by atoms with E-state index in [9.17, 15) is 14.4 Å². The molecule has 0 aliphatic carbocycles. The highest BCUT2D eigenvalue weighted by atomic mass is 16.2. The highest BCUT2D eigenvalue weighted by molar-refractivity contribution is 6.00. The molecule has 6 heteroatoms. The number of aryl methyl sites for hydroxylation is 3. The molecule has 0 saturated heterocycles. The van der Waals surface area contributed by atoms with Crippen LogP contribution in [0.5, 0.6) is 0 Å². The van der Waals surface area contributed by atoms with Crippen molar-refractivity contribution in [1.82, 2.24) is 14.1 Å². The van der Waals surface area contributed by atoms with Crippen molar-refractivity contribution in [1.29, 1.82) is 0 Å². The van der Waals surface area contributed by atoms with Crippen LogP contribution in [0.25, 0.3) is 11.0 Å². The molecule has 0 unspecified atom stereocenters. The average molecular weight is 261 g/mol. The number of nitrogens with zero attached hydrogens (tertiary/aromatic N) is 3. The lowest BCUT2D eigenvalue weighted by Gasteiger charge is -2.12. The minimum absolute atomic E-state index is 0.139. The molecule has 0 aromatic carbocycles. The molecule has 2 aromatic heterocycles. The second-order valence-corrected chi connectivity index (χ2v) is 4.66. The molecule has 100 valence electrons. The van der Waals surface area contributed by atoms with E-state index in [1.807, 2.05) is 0 Å². The van der Waals surface area contributed by atoms with Crippen LogP contribution in [0.4, 0.5) is 0 Å². The molecular formula is C13H15N3O3. The van der Waals surface area contributed by atoms with Crippen LogP contribution >= 0.6 is 0 Å². The van der Waals surface area contributed by atoms with Crippen molar-refractivity contribution in [3.05, 3.63) is 37.7 Å². The number of pyridine rings is 1. The summed E-state index contributed by atoms with van der Waals surface area (Å²) in [6.07, 6.45) is 0. The first-order valence-corrected chi connectivity index (χ1v) is 5.85. The molecule has 2 heterocycles. The third-order valence-electron chi connectivity index (χ3n) is 3.37. The van der Waals surface area contributed by atoms with Gasteiger partial charge in [0.1, 0.15) is 5.65 Å². The van der Waals surface area contributed by atoms with Crippen LogP contribution in [0.15, 0.2) is 9.59 Å². The van der Waals surface area contributed by atoms with Crippen LogP contribution < -0.4 is 11.2 Å². The quantitative estimate of drug-likeness (QED) is 0.699. The molecule has 0 aliphatic rings.